The number of ether oxygens (including phenoxy) is 1. The second kappa shape index (κ2) is 5.14. The molecular weight excluding hydrogens is 238 g/mol. The van der Waals surface area contributed by atoms with Crippen LogP contribution in [0.25, 0.3) is 0 Å². The molecule has 0 N–H and O–H groups in total. The molecule has 1 heterocycles. The van der Waals surface area contributed by atoms with E-state index in [4.69, 9.17) is 4.74 Å². The van der Waals surface area contributed by atoms with Crippen molar-refractivity contribution in [2.45, 2.75) is 12.6 Å². The average Bonchev–Trinajstić information content (AvgIpc) is 3.27. The Morgan fingerprint density at radius 2 is 1.68 bits per heavy atom. The van der Waals surface area contributed by atoms with Crippen LogP contribution in [0.5, 0.6) is 0 Å². The smallest absolute Gasteiger partial charge is 0.410 e. The maximum absolute atomic E-state index is 11.9. The SMILES string of the molecule is O=C(OCc1ccccc1)N1CC1c1ccccc1. The van der Waals surface area contributed by atoms with E-state index in [1.54, 1.807) is 4.90 Å². The van der Waals surface area contributed by atoms with Crippen molar-refractivity contribution in [1.29, 1.82) is 0 Å². The molecule has 0 bridgehead atoms. The third-order valence-electron chi connectivity index (χ3n) is 3.24. The summed E-state index contributed by atoms with van der Waals surface area (Å²) >= 11 is 0. The normalized spacial score (nSPS) is 17.1. The van der Waals surface area contributed by atoms with Gasteiger partial charge < -0.3 is 4.74 Å². The van der Waals surface area contributed by atoms with Crippen LogP contribution in [-0.4, -0.2) is 17.5 Å². The van der Waals surface area contributed by atoms with Gasteiger partial charge in [0.1, 0.15) is 6.61 Å². The van der Waals surface area contributed by atoms with E-state index in [9.17, 15) is 4.79 Å². The Morgan fingerprint density at radius 3 is 2.37 bits per heavy atom. The number of rotatable bonds is 3. The third kappa shape index (κ3) is 2.76. The Hall–Kier alpha value is -2.29. The van der Waals surface area contributed by atoms with Gasteiger partial charge in [0.05, 0.1) is 6.04 Å². The summed E-state index contributed by atoms with van der Waals surface area (Å²) in [6.07, 6.45) is -0.238. The van der Waals surface area contributed by atoms with Crippen molar-refractivity contribution in [2.24, 2.45) is 0 Å². The van der Waals surface area contributed by atoms with Crippen molar-refractivity contribution in [3.05, 3.63) is 71.8 Å². The number of nitrogens with zero attached hydrogens (tertiary/aromatic N) is 1. The van der Waals surface area contributed by atoms with E-state index >= 15 is 0 Å². The fourth-order valence-corrected chi connectivity index (χ4v) is 2.10. The number of amides is 1. The fourth-order valence-electron chi connectivity index (χ4n) is 2.10. The van der Waals surface area contributed by atoms with Crippen LogP contribution in [-0.2, 0) is 11.3 Å². The molecular formula is C16H15NO2. The molecule has 1 fully saturated rings. The minimum atomic E-state index is -0.238. The Kier molecular flexibility index (Phi) is 3.19. The number of carbonyl (C=O) groups is 1. The number of carbonyl (C=O) groups excluding carboxylic acids is 1. The fraction of sp³-hybridized carbons (Fsp3) is 0.188. The lowest BCUT2D eigenvalue weighted by molar-refractivity contribution is 0.122. The summed E-state index contributed by atoms with van der Waals surface area (Å²) in [6, 6.07) is 19.9. The van der Waals surface area contributed by atoms with Crippen LogP contribution in [0.2, 0.25) is 0 Å². The van der Waals surface area contributed by atoms with Crippen LogP contribution in [0.3, 0.4) is 0 Å². The van der Waals surface area contributed by atoms with Crippen molar-refractivity contribution in [3.8, 4) is 0 Å². The standard InChI is InChI=1S/C16H15NO2/c18-16(19-12-13-7-3-1-4-8-13)17-11-15(17)14-9-5-2-6-10-14/h1-10,15H,11-12H2. The molecule has 0 saturated carbocycles. The van der Waals surface area contributed by atoms with Crippen LogP contribution >= 0.6 is 0 Å². The van der Waals surface area contributed by atoms with Gasteiger partial charge in [0.15, 0.2) is 0 Å². The molecule has 1 saturated heterocycles. The molecule has 19 heavy (non-hydrogen) atoms. The molecule has 2 aromatic carbocycles. The molecule has 0 aliphatic carbocycles. The zero-order valence-corrected chi connectivity index (χ0v) is 10.5. The van der Waals surface area contributed by atoms with E-state index in [2.05, 4.69) is 0 Å². The highest BCUT2D eigenvalue weighted by Crippen LogP contribution is 2.35. The average molecular weight is 253 g/mol. The predicted octanol–water partition coefficient (Wildman–Crippen LogP) is 3.38. The molecule has 1 aliphatic heterocycles. The molecule has 0 spiro atoms. The molecule has 2 aromatic rings. The number of hydrogen-bond donors (Lipinski definition) is 0. The van der Waals surface area contributed by atoms with Gasteiger partial charge in [-0.15, -0.1) is 0 Å². The molecule has 3 rings (SSSR count). The van der Waals surface area contributed by atoms with Crippen molar-refractivity contribution in [3.63, 3.8) is 0 Å². The summed E-state index contributed by atoms with van der Waals surface area (Å²) in [5.41, 5.74) is 2.17. The van der Waals surface area contributed by atoms with Crippen LogP contribution in [0.1, 0.15) is 17.2 Å². The van der Waals surface area contributed by atoms with Crippen molar-refractivity contribution >= 4 is 6.09 Å². The molecule has 0 radical (unpaired) electrons. The monoisotopic (exact) mass is 253 g/mol. The summed E-state index contributed by atoms with van der Waals surface area (Å²) < 4.78 is 5.29. The summed E-state index contributed by atoms with van der Waals surface area (Å²) in [6.45, 7) is 1.08. The molecule has 96 valence electrons. The number of hydrogen-bond acceptors (Lipinski definition) is 2. The maximum Gasteiger partial charge on any atom is 0.410 e. The van der Waals surface area contributed by atoms with Gasteiger partial charge in [-0.05, 0) is 11.1 Å². The minimum absolute atomic E-state index is 0.185. The lowest BCUT2D eigenvalue weighted by Crippen LogP contribution is -2.13. The van der Waals surface area contributed by atoms with Gasteiger partial charge in [-0.1, -0.05) is 60.7 Å². The summed E-state index contributed by atoms with van der Waals surface area (Å²) in [4.78, 5) is 13.6. The summed E-state index contributed by atoms with van der Waals surface area (Å²) in [7, 11) is 0. The largest absolute Gasteiger partial charge is 0.445 e. The maximum atomic E-state index is 11.9. The Bertz CT molecular complexity index is 553. The zero-order valence-electron chi connectivity index (χ0n) is 10.5. The number of benzene rings is 2. The molecule has 1 aliphatic rings. The molecule has 0 aromatic heterocycles. The van der Waals surface area contributed by atoms with Gasteiger partial charge in [0, 0.05) is 6.54 Å². The highest BCUT2D eigenvalue weighted by molar-refractivity contribution is 5.71. The van der Waals surface area contributed by atoms with Gasteiger partial charge in [-0.25, -0.2) is 4.79 Å². The Morgan fingerprint density at radius 1 is 1.05 bits per heavy atom. The van der Waals surface area contributed by atoms with E-state index in [0.717, 1.165) is 12.1 Å². The summed E-state index contributed by atoms with van der Waals surface area (Å²) in [5.74, 6) is 0. The van der Waals surface area contributed by atoms with Crippen molar-refractivity contribution < 1.29 is 9.53 Å². The molecule has 1 amide bonds. The predicted molar refractivity (Wildman–Crippen MR) is 72.5 cm³/mol. The van der Waals surface area contributed by atoms with Crippen molar-refractivity contribution in [1.82, 2.24) is 4.90 Å². The van der Waals surface area contributed by atoms with Crippen LogP contribution < -0.4 is 0 Å². The first-order valence-electron chi connectivity index (χ1n) is 6.37. The molecule has 1 unspecified atom stereocenters. The van der Waals surface area contributed by atoms with Crippen LogP contribution in [0, 0.1) is 0 Å². The first-order chi connectivity index (χ1) is 9.34. The van der Waals surface area contributed by atoms with Gasteiger partial charge in [-0.2, -0.15) is 0 Å². The Labute approximate surface area is 112 Å². The van der Waals surface area contributed by atoms with Gasteiger partial charge >= 0.3 is 6.09 Å². The second-order valence-corrected chi connectivity index (χ2v) is 4.62. The first kappa shape index (κ1) is 11.8. The quantitative estimate of drug-likeness (QED) is 0.785. The van der Waals surface area contributed by atoms with E-state index in [1.807, 2.05) is 60.7 Å². The molecule has 3 heteroatoms. The van der Waals surface area contributed by atoms with Crippen LogP contribution in [0.4, 0.5) is 4.79 Å². The minimum Gasteiger partial charge on any atom is -0.445 e. The van der Waals surface area contributed by atoms with Gasteiger partial charge in [0.2, 0.25) is 0 Å². The molecule has 1 atom stereocenters. The zero-order chi connectivity index (χ0) is 13.1. The van der Waals surface area contributed by atoms with Gasteiger partial charge in [0.25, 0.3) is 0 Å². The van der Waals surface area contributed by atoms with Crippen LogP contribution in [0.15, 0.2) is 60.7 Å². The van der Waals surface area contributed by atoms with E-state index in [0.29, 0.717) is 6.61 Å². The lowest BCUT2D eigenvalue weighted by Gasteiger charge is -2.06. The van der Waals surface area contributed by atoms with E-state index in [1.165, 1.54) is 5.56 Å². The van der Waals surface area contributed by atoms with E-state index < -0.39 is 0 Å². The van der Waals surface area contributed by atoms with Crippen molar-refractivity contribution in [2.75, 3.05) is 6.54 Å². The highest BCUT2D eigenvalue weighted by Gasteiger charge is 2.40. The van der Waals surface area contributed by atoms with E-state index in [-0.39, 0.29) is 12.1 Å². The van der Waals surface area contributed by atoms with Gasteiger partial charge in [-0.3, -0.25) is 4.90 Å². The second-order valence-electron chi connectivity index (χ2n) is 4.62. The highest BCUT2D eigenvalue weighted by atomic mass is 16.6. The summed E-state index contributed by atoms with van der Waals surface area (Å²) in [5, 5.41) is 0. The third-order valence-corrected chi connectivity index (χ3v) is 3.24. The first-order valence-corrected chi connectivity index (χ1v) is 6.37. The Balaban J connectivity index is 1.53. The topological polar surface area (TPSA) is 29.3 Å². The lowest BCUT2D eigenvalue weighted by atomic mass is 10.2. The molecule has 3 nitrogen and oxygen atoms in total.